The molecule has 0 bridgehead atoms. The largest absolute Gasteiger partial charge is 0.333 e. The maximum Gasteiger partial charge on any atom is 0.273 e. The molecule has 1 aromatic rings. The summed E-state index contributed by atoms with van der Waals surface area (Å²) in [5, 5.41) is 0. The first-order valence-electron chi connectivity index (χ1n) is 6.49. The van der Waals surface area contributed by atoms with Crippen LogP contribution in [0.5, 0.6) is 0 Å². The Balaban J connectivity index is 2.13. The molecule has 19 heavy (non-hydrogen) atoms. The summed E-state index contributed by atoms with van der Waals surface area (Å²) >= 11 is 3.38. The van der Waals surface area contributed by atoms with E-state index in [2.05, 4.69) is 47.8 Å². The van der Waals surface area contributed by atoms with Crippen LogP contribution in [0.3, 0.4) is 0 Å². The van der Waals surface area contributed by atoms with Crippen LogP contribution in [0.2, 0.25) is 0 Å². The van der Waals surface area contributed by atoms with Gasteiger partial charge < -0.3 is 4.90 Å². The molecular formula is C15H19BrN2O. The van der Waals surface area contributed by atoms with Gasteiger partial charge in [-0.15, -0.1) is 0 Å². The highest BCUT2D eigenvalue weighted by atomic mass is 79.9. The molecule has 1 aliphatic rings. The van der Waals surface area contributed by atoms with E-state index in [0.29, 0.717) is 12.2 Å². The highest BCUT2D eigenvalue weighted by Crippen LogP contribution is 2.30. The zero-order valence-corrected chi connectivity index (χ0v) is 13.2. The normalized spacial score (nSPS) is 16.2. The van der Waals surface area contributed by atoms with Crippen molar-refractivity contribution in [1.82, 2.24) is 9.88 Å². The van der Waals surface area contributed by atoms with Crippen molar-refractivity contribution in [2.45, 2.75) is 27.2 Å². The van der Waals surface area contributed by atoms with Gasteiger partial charge in [0.1, 0.15) is 5.69 Å². The second-order valence-corrected chi connectivity index (χ2v) is 6.67. The van der Waals surface area contributed by atoms with Gasteiger partial charge in [0.2, 0.25) is 0 Å². The van der Waals surface area contributed by atoms with Gasteiger partial charge in [-0.05, 0) is 39.9 Å². The molecule has 0 atom stereocenters. The van der Waals surface area contributed by atoms with Crippen molar-refractivity contribution in [3.8, 4) is 0 Å². The summed E-state index contributed by atoms with van der Waals surface area (Å²) in [6, 6.07) is 3.66. The maximum absolute atomic E-state index is 12.4. The topological polar surface area (TPSA) is 33.2 Å². The third-order valence-corrected chi connectivity index (χ3v) is 4.06. The van der Waals surface area contributed by atoms with Gasteiger partial charge in [-0.3, -0.25) is 4.79 Å². The van der Waals surface area contributed by atoms with E-state index in [1.165, 1.54) is 5.57 Å². The van der Waals surface area contributed by atoms with Gasteiger partial charge in [0.15, 0.2) is 0 Å². The van der Waals surface area contributed by atoms with Crippen molar-refractivity contribution in [2.24, 2.45) is 5.41 Å². The van der Waals surface area contributed by atoms with Gasteiger partial charge in [0.05, 0.1) is 0 Å². The van der Waals surface area contributed by atoms with Crippen molar-refractivity contribution in [3.05, 3.63) is 40.1 Å². The van der Waals surface area contributed by atoms with Crippen LogP contribution >= 0.6 is 15.9 Å². The molecule has 1 amide bonds. The van der Waals surface area contributed by atoms with E-state index in [9.17, 15) is 4.79 Å². The van der Waals surface area contributed by atoms with Crippen molar-refractivity contribution in [2.75, 3.05) is 13.1 Å². The Morgan fingerprint density at radius 2 is 2.16 bits per heavy atom. The number of aromatic nitrogens is 1. The van der Waals surface area contributed by atoms with E-state index in [1.807, 2.05) is 17.0 Å². The van der Waals surface area contributed by atoms with Crippen LogP contribution in [0, 0.1) is 5.41 Å². The Morgan fingerprint density at radius 3 is 2.68 bits per heavy atom. The van der Waals surface area contributed by atoms with E-state index >= 15 is 0 Å². The quantitative estimate of drug-likeness (QED) is 0.739. The molecule has 0 saturated heterocycles. The number of hydrogen-bond acceptors (Lipinski definition) is 2. The third kappa shape index (κ3) is 3.24. The van der Waals surface area contributed by atoms with Crippen LogP contribution in [0.25, 0.3) is 0 Å². The van der Waals surface area contributed by atoms with Gasteiger partial charge in [-0.2, -0.15) is 0 Å². The lowest BCUT2D eigenvalue weighted by atomic mass is 9.83. The molecule has 0 fully saturated rings. The van der Waals surface area contributed by atoms with E-state index in [1.54, 1.807) is 6.20 Å². The summed E-state index contributed by atoms with van der Waals surface area (Å²) in [5.41, 5.74) is 2.12. The molecule has 0 unspecified atom stereocenters. The summed E-state index contributed by atoms with van der Waals surface area (Å²) in [4.78, 5) is 18.4. The van der Waals surface area contributed by atoms with Crippen LogP contribution < -0.4 is 0 Å². The van der Waals surface area contributed by atoms with Crippen molar-refractivity contribution in [1.29, 1.82) is 0 Å². The summed E-state index contributed by atoms with van der Waals surface area (Å²) in [7, 11) is 0. The lowest BCUT2D eigenvalue weighted by Gasteiger charge is -2.32. The third-order valence-electron chi connectivity index (χ3n) is 3.42. The lowest BCUT2D eigenvalue weighted by Crippen LogP contribution is -2.37. The number of amides is 1. The summed E-state index contributed by atoms with van der Waals surface area (Å²) in [5.74, 6) is -0.00307. The van der Waals surface area contributed by atoms with E-state index in [0.717, 1.165) is 17.4 Å². The predicted octanol–water partition coefficient (Wildman–Crippen LogP) is 3.66. The van der Waals surface area contributed by atoms with Gasteiger partial charge in [0, 0.05) is 23.8 Å². The molecule has 1 aromatic heterocycles. The highest BCUT2D eigenvalue weighted by Gasteiger charge is 2.25. The van der Waals surface area contributed by atoms with Crippen LogP contribution in [0.15, 0.2) is 34.5 Å². The minimum absolute atomic E-state index is 0.00307. The molecular weight excluding hydrogens is 304 g/mol. The Morgan fingerprint density at radius 1 is 1.42 bits per heavy atom. The predicted molar refractivity (Wildman–Crippen MR) is 80.0 cm³/mol. The molecule has 2 rings (SSSR count). The van der Waals surface area contributed by atoms with Crippen molar-refractivity contribution >= 4 is 21.8 Å². The fourth-order valence-corrected chi connectivity index (χ4v) is 2.65. The van der Waals surface area contributed by atoms with Crippen molar-refractivity contribution < 1.29 is 4.79 Å². The number of hydrogen-bond donors (Lipinski definition) is 0. The monoisotopic (exact) mass is 322 g/mol. The minimum atomic E-state index is -0.00307. The molecule has 102 valence electrons. The number of halogens is 1. The molecule has 0 N–H and O–H groups in total. The number of pyridine rings is 1. The lowest BCUT2D eigenvalue weighted by molar-refractivity contribution is 0.0758. The van der Waals surface area contributed by atoms with E-state index in [4.69, 9.17) is 0 Å². The first kappa shape index (κ1) is 14.3. The zero-order chi connectivity index (χ0) is 14.0. The molecule has 0 saturated carbocycles. The van der Waals surface area contributed by atoms with Crippen LogP contribution in [-0.4, -0.2) is 28.9 Å². The Labute approximate surface area is 122 Å². The average Bonchev–Trinajstić information content (AvgIpc) is 2.38. The van der Waals surface area contributed by atoms with E-state index < -0.39 is 0 Å². The van der Waals surface area contributed by atoms with E-state index in [-0.39, 0.29) is 11.3 Å². The molecule has 1 aliphatic heterocycles. The highest BCUT2D eigenvalue weighted by molar-refractivity contribution is 9.10. The fraction of sp³-hybridized carbons (Fsp3) is 0.467. The first-order chi connectivity index (χ1) is 8.89. The van der Waals surface area contributed by atoms with Gasteiger partial charge in [-0.25, -0.2) is 4.98 Å². The Kier molecular flexibility index (Phi) is 4.09. The number of nitrogens with zero attached hydrogens (tertiary/aromatic N) is 2. The molecule has 3 nitrogen and oxygen atoms in total. The van der Waals surface area contributed by atoms with Crippen LogP contribution in [0.1, 0.15) is 37.7 Å². The second-order valence-electron chi connectivity index (χ2n) is 5.81. The summed E-state index contributed by atoms with van der Waals surface area (Å²) < 4.78 is 0.755. The van der Waals surface area contributed by atoms with Gasteiger partial charge in [-0.1, -0.05) is 32.4 Å². The van der Waals surface area contributed by atoms with Gasteiger partial charge in [0.25, 0.3) is 5.91 Å². The Bertz CT molecular complexity index is 517. The smallest absolute Gasteiger partial charge is 0.273 e. The molecule has 0 aliphatic carbocycles. The average molecular weight is 323 g/mol. The van der Waals surface area contributed by atoms with Crippen LogP contribution in [-0.2, 0) is 0 Å². The molecule has 2 heterocycles. The zero-order valence-electron chi connectivity index (χ0n) is 11.6. The fourth-order valence-electron chi connectivity index (χ4n) is 2.23. The molecule has 4 heteroatoms. The SMILES string of the molecule is CC(C)(C)C1=CCN(C(=O)c2ncccc2Br)CC1. The number of carbonyl (C=O) groups excluding carboxylic acids is 1. The first-order valence-corrected chi connectivity index (χ1v) is 7.28. The minimum Gasteiger partial charge on any atom is -0.333 e. The molecule has 0 spiro atoms. The van der Waals surface area contributed by atoms with Crippen LogP contribution in [0.4, 0.5) is 0 Å². The Hall–Kier alpha value is -1.16. The van der Waals surface area contributed by atoms with Crippen molar-refractivity contribution in [3.63, 3.8) is 0 Å². The maximum atomic E-state index is 12.4. The molecule has 0 radical (unpaired) electrons. The number of carbonyl (C=O) groups is 1. The second kappa shape index (κ2) is 5.45. The van der Waals surface area contributed by atoms with Gasteiger partial charge >= 0.3 is 0 Å². The standard InChI is InChI=1S/C15H19BrN2O/c1-15(2,3)11-6-9-18(10-7-11)14(19)13-12(16)5-4-8-17-13/h4-6,8H,7,9-10H2,1-3H3. The molecule has 0 aromatic carbocycles. The summed E-state index contributed by atoms with van der Waals surface area (Å²) in [6.07, 6.45) is 4.77. The number of rotatable bonds is 1. The summed E-state index contributed by atoms with van der Waals surface area (Å²) in [6.45, 7) is 8.09.